The lowest BCUT2D eigenvalue weighted by molar-refractivity contribution is 0.0692. The fourth-order valence-electron chi connectivity index (χ4n) is 17.8. The molecule has 0 aliphatic heterocycles. The minimum atomic E-state index is -1.33. The molecule has 0 spiro atoms. The van der Waals surface area contributed by atoms with Crippen molar-refractivity contribution < 1.29 is 117 Å². The number of phenols is 8. The number of phenolic OH excluding ortho intramolecular Hbond substituents is 8. The molecule has 0 aromatic heterocycles. The number of carbonyl (C=O) groups is 8. The van der Waals surface area contributed by atoms with E-state index in [0.717, 1.165) is 0 Å². The molecule has 8 N–H and O–H groups in total. The molecule has 0 heterocycles. The zero-order valence-electron chi connectivity index (χ0n) is 70.3. The van der Waals surface area contributed by atoms with Crippen molar-refractivity contribution in [3.63, 3.8) is 0 Å². The van der Waals surface area contributed by atoms with Crippen LogP contribution in [-0.4, -0.2) is 88.6 Å². The van der Waals surface area contributed by atoms with Crippen LogP contribution in [0.3, 0.4) is 0 Å². The molecule has 0 bridgehead atoms. The van der Waals surface area contributed by atoms with Gasteiger partial charge < -0.3 is 78.7 Å². The maximum Gasteiger partial charge on any atom is 0.345 e. The summed E-state index contributed by atoms with van der Waals surface area (Å²) < 4.78 is 51.5. The Hall–Kier alpha value is -19.4. The Bertz CT molecular complexity index is 8590. The molecule has 0 radical (unpaired) electrons. The molecular formula is C112H62O24. The second-order valence-corrected chi connectivity index (χ2v) is 32.7. The first kappa shape index (κ1) is 82.3. The summed E-state index contributed by atoms with van der Waals surface area (Å²) in [6, 6.07) is 79.0. The van der Waals surface area contributed by atoms with Crippen molar-refractivity contribution in [2.24, 2.45) is 0 Å². The van der Waals surface area contributed by atoms with Crippen LogP contribution in [0.4, 0.5) is 0 Å². The van der Waals surface area contributed by atoms with Crippen molar-refractivity contribution in [1.82, 2.24) is 0 Å². The normalized spacial score (nSPS) is 11.6. The molecule has 0 aliphatic rings. The third kappa shape index (κ3) is 15.1. The van der Waals surface area contributed by atoms with Gasteiger partial charge in [0.25, 0.3) is 0 Å². The number of carbonyl (C=O) groups excluding carboxylic acids is 8. The topological polar surface area (TPSA) is 372 Å². The molecule has 0 saturated carbocycles. The van der Waals surface area contributed by atoms with Crippen molar-refractivity contribution in [2.45, 2.75) is 0 Å². The van der Waals surface area contributed by atoms with Crippen LogP contribution >= 0.6 is 0 Å². The minimum absolute atomic E-state index is 0.0683. The number of fused-ring (bicyclic) bond motifs is 14. The Morgan fingerprint density at radius 2 is 0.279 bits per heavy atom. The van der Waals surface area contributed by atoms with Gasteiger partial charge >= 0.3 is 47.8 Å². The van der Waals surface area contributed by atoms with Gasteiger partial charge in [0, 0.05) is 10.8 Å². The van der Waals surface area contributed by atoms with Crippen LogP contribution in [0.25, 0.3) is 140 Å². The van der Waals surface area contributed by atoms with Gasteiger partial charge in [0.05, 0.1) is 44.5 Å². The molecule has 0 amide bonds. The molecule has 22 aromatic rings. The molecule has 0 atom stereocenters. The highest BCUT2D eigenvalue weighted by molar-refractivity contribution is 6.46. The lowest BCUT2D eigenvalue weighted by atomic mass is 9.79. The van der Waals surface area contributed by atoms with E-state index in [0.29, 0.717) is 86.2 Å². The van der Waals surface area contributed by atoms with Crippen molar-refractivity contribution in [1.29, 1.82) is 0 Å². The van der Waals surface area contributed by atoms with Crippen molar-refractivity contribution in [3.8, 4) is 92.0 Å². The highest BCUT2D eigenvalue weighted by Gasteiger charge is 2.38. The zero-order valence-corrected chi connectivity index (χ0v) is 70.3. The van der Waals surface area contributed by atoms with E-state index >= 15 is 38.4 Å². The van der Waals surface area contributed by atoms with E-state index in [9.17, 15) is 40.9 Å². The second kappa shape index (κ2) is 32.4. The predicted molar refractivity (Wildman–Crippen MR) is 510 cm³/mol. The molecule has 0 aliphatic carbocycles. The Kier molecular flexibility index (Phi) is 19.6. The predicted octanol–water partition coefficient (Wildman–Crippen LogP) is 23.5. The zero-order chi connectivity index (χ0) is 93.3. The van der Waals surface area contributed by atoms with Crippen LogP contribution < -0.4 is 37.9 Å². The van der Waals surface area contributed by atoms with Gasteiger partial charge in [-0.15, -0.1) is 0 Å². The summed E-state index contributed by atoms with van der Waals surface area (Å²) in [6.45, 7) is 0. The van der Waals surface area contributed by atoms with Crippen molar-refractivity contribution in [2.75, 3.05) is 0 Å². The van der Waals surface area contributed by atoms with Gasteiger partial charge in [-0.3, -0.25) is 0 Å². The summed E-state index contributed by atoms with van der Waals surface area (Å²) in [7, 11) is 0. The average molecular weight is 1790 g/mol. The molecule has 24 nitrogen and oxygen atoms in total. The molecule has 136 heavy (non-hydrogen) atoms. The maximum atomic E-state index is 17.0. The van der Waals surface area contributed by atoms with Gasteiger partial charge in [-0.05, 0) is 360 Å². The van der Waals surface area contributed by atoms with Gasteiger partial charge in [0.1, 0.15) is 92.0 Å². The van der Waals surface area contributed by atoms with Crippen LogP contribution in [0, 0.1) is 0 Å². The van der Waals surface area contributed by atoms with E-state index in [1.165, 1.54) is 231 Å². The first-order valence-corrected chi connectivity index (χ1v) is 42.2. The Morgan fingerprint density at radius 1 is 0.140 bits per heavy atom. The Balaban J connectivity index is 0.903. The molecule has 0 saturated heterocycles. The monoisotopic (exact) mass is 1790 g/mol. The summed E-state index contributed by atoms with van der Waals surface area (Å²) in [6.07, 6.45) is 0. The molecule has 0 fully saturated rings. The molecule has 654 valence electrons. The Labute approximate surface area is 764 Å². The number of aromatic hydroxyl groups is 8. The van der Waals surface area contributed by atoms with Crippen molar-refractivity contribution in [3.05, 3.63) is 372 Å². The SMILES string of the molecule is O=C(Oc1ccc2cc(O)ccc2c1)c1cc2c(cc1C(=O)Oc1ccc3cc(O)ccc3c1)c1c(C(=O)Oc3ccc4cc(O)ccc4c3)c(C(=O)Oc3ccc4cc(O)ccc4c3)cc3c4cc(C(=O)Oc5ccc6cc(O)ccc6c5)c(C(=O)Oc5ccc6cc(O)ccc6c5)cc4c4c(C(=O)Oc5ccc6cc(O)ccc6c5)c(C(=O)Oc5ccc6cc(O)ccc6c5)cc2c4c31. The standard InChI is InChI=1S/C112H62O24/c113-71-17-1-63-41-79(25-9-55(63)33-71)129-105(121)93-49-87-89(51-95(93)107(123)131-81-27-11-57-35-73(115)19-3-65(57)43-81)101-100-92(54-98(110(126)134-84-30-14-60-38-76(118)22-6-68(60)46-84)103(101)111(127)135-85-31-15-61-39-77(119)23-7-69(61)47-85)88-50-94(106(122)130-80-26-10-56-34-72(114)18-2-64(56)42-80)96(108(124)132-82-28-12-58-36-74(116)20-4-66(58)44-82)52-90(88)102-99(100)91(87)53-97(109(125)133-83-29-13-59-37-75(117)21-5-67(59)45-83)104(102)112(128)136-86-32-16-62-40-78(120)24-8-70(62)48-86/h1-54,113-120H. The van der Waals surface area contributed by atoms with Crippen LogP contribution in [0.15, 0.2) is 328 Å². The van der Waals surface area contributed by atoms with Gasteiger partial charge in [-0.2, -0.15) is 0 Å². The molecular weight excluding hydrogens is 1730 g/mol. The number of hydrogen-bond acceptors (Lipinski definition) is 24. The third-order valence-electron chi connectivity index (χ3n) is 24.1. The van der Waals surface area contributed by atoms with Gasteiger partial charge in [-0.25, -0.2) is 38.4 Å². The number of hydrogen-bond donors (Lipinski definition) is 8. The fourth-order valence-corrected chi connectivity index (χ4v) is 17.8. The van der Waals surface area contributed by atoms with Gasteiger partial charge in [0.15, 0.2) is 0 Å². The average Bonchev–Trinajstić information content (AvgIpc) is 0.674. The summed E-state index contributed by atoms with van der Waals surface area (Å²) in [5.74, 6) is -11.8. The Morgan fingerprint density at radius 3 is 0.471 bits per heavy atom. The summed E-state index contributed by atoms with van der Waals surface area (Å²) in [4.78, 5) is 132. The van der Waals surface area contributed by atoms with Crippen molar-refractivity contribution >= 4 is 188 Å². The van der Waals surface area contributed by atoms with Crippen LogP contribution in [0.1, 0.15) is 82.9 Å². The quantitative estimate of drug-likeness (QED) is 0.0193. The molecule has 22 rings (SSSR count). The lowest BCUT2D eigenvalue weighted by Gasteiger charge is -2.25. The fraction of sp³-hybridized carbons (Fsp3) is 0. The highest BCUT2D eigenvalue weighted by Crippen LogP contribution is 2.52. The molecule has 22 aromatic carbocycles. The minimum Gasteiger partial charge on any atom is -0.508 e. The summed E-state index contributed by atoms with van der Waals surface area (Å²) in [5.41, 5.74) is -4.94. The van der Waals surface area contributed by atoms with E-state index < -0.39 is 92.3 Å². The van der Waals surface area contributed by atoms with Gasteiger partial charge in [-0.1, -0.05) is 97.1 Å². The van der Waals surface area contributed by atoms with Crippen LogP contribution in [0.5, 0.6) is 92.0 Å². The highest BCUT2D eigenvalue weighted by atomic mass is 16.6. The third-order valence-corrected chi connectivity index (χ3v) is 24.1. The first-order valence-electron chi connectivity index (χ1n) is 42.2. The van der Waals surface area contributed by atoms with E-state index in [-0.39, 0.29) is 146 Å². The summed E-state index contributed by atoms with van der Waals surface area (Å²) >= 11 is 0. The number of ether oxygens (including phenoxy) is 8. The van der Waals surface area contributed by atoms with E-state index in [4.69, 9.17) is 37.9 Å². The van der Waals surface area contributed by atoms with Gasteiger partial charge in [0.2, 0.25) is 0 Å². The molecule has 24 heteroatoms. The number of benzene rings is 22. The second-order valence-electron chi connectivity index (χ2n) is 32.7. The maximum absolute atomic E-state index is 17.0. The van der Waals surface area contributed by atoms with Crippen LogP contribution in [-0.2, 0) is 0 Å². The smallest absolute Gasteiger partial charge is 0.345 e. The first-order chi connectivity index (χ1) is 65.8. The molecule has 0 unspecified atom stereocenters. The largest absolute Gasteiger partial charge is 0.508 e. The summed E-state index contributed by atoms with van der Waals surface area (Å²) in [5, 5.41) is 90.6. The lowest BCUT2D eigenvalue weighted by Crippen LogP contribution is -2.21. The van der Waals surface area contributed by atoms with E-state index in [1.54, 1.807) is 97.1 Å². The number of esters is 8. The van der Waals surface area contributed by atoms with E-state index in [1.807, 2.05) is 0 Å². The van der Waals surface area contributed by atoms with E-state index in [2.05, 4.69) is 0 Å². The number of rotatable bonds is 16. The van der Waals surface area contributed by atoms with Crippen LogP contribution in [0.2, 0.25) is 0 Å².